The zero-order chi connectivity index (χ0) is 24.0. The van der Waals surface area contributed by atoms with Crippen molar-refractivity contribution in [3.05, 3.63) is 102 Å². The molecular weight excluding hydrogens is 436 g/mol. The fraction of sp³-hybridized carbons (Fsp3) is 0.267. The summed E-state index contributed by atoms with van der Waals surface area (Å²) in [6.45, 7) is 2.44. The third kappa shape index (κ3) is 5.46. The minimum atomic E-state index is -0.340. The number of hydrogen-bond acceptors (Lipinski definition) is 5. The topological polar surface area (TPSA) is 51.7 Å². The Kier molecular flexibility index (Phi) is 6.94. The normalized spacial score (nSPS) is 14.1. The van der Waals surface area contributed by atoms with E-state index < -0.39 is 0 Å². The van der Waals surface area contributed by atoms with Crippen molar-refractivity contribution in [3.63, 3.8) is 0 Å². The standard InChI is InChI=1S/C30H30N2O3/c1-34-30(33)26-12-10-24(11-13-26)21-35-27-9-5-8-25-14-15-28(31-29(25)27)32-18-16-23(17-19-32)20-22-6-3-2-4-7-22/h2-15,23H,16-21H2,1H3. The summed E-state index contributed by atoms with van der Waals surface area (Å²) in [5, 5.41) is 1.06. The van der Waals surface area contributed by atoms with Crippen molar-refractivity contribution in [2.75, 3.05) is 25.1 Å². The number of benzene rings is 3. The van der Waals surface area contributed by atoms with E-state index in [9.17, 15) is 4.79 Å². The van der Waals surface area contributed by atoms with Gasteiger partial charge in [-0.1, -0.05) is 54.6 Å². The van der Waals surface area contributed by atoms with Gasteiger partial charge in [0, 0.05) is 18.5 Å². The lowest BCUT2D eigenvalue weighted by Crippen LogP contribution is -2.34. The molecule has 0 unspecified atom stereocenters. The molecule has 5 nitrogen and oxygen atoms in total. The maximum Gasteiger partial charge on any atom is 0.337 e. The number of para-hydroxylation sites is 1. The van der Waals surface area contributed by atoms with Gasteiger partial charge in [0.25, 0.3) is 0 Å². The Morgan fingerprint density at radius 3 is 2.40 bits per heavy atom. The monoisotopic (exact) mass is 466 g/mol. The van der Waals surface area contributed by atoms with Crippen molar-refractivity contribution in [1.82, 2.24) is 4.98 Å². The second kappa shape index (κ2) is 10.6. The molecule has 178 valence electrons. The van der Waals surface area contributed by atoms with Crippen molar-refractivity contribution < 1.29 is 14.3 Å². The maximum absolute atomic E-state index is 11.6. The van der Waals surface area contributed by atoms with E-state index >= 15 is 0 Å². The fourth-order valence-electron chi connectivity index (χ4n) is 4.73. The number of esters is 1. The zero-order valence-corrected chi connectivity index (χ0v) is 20.0. The van der Waals surface area contributed by atoms with Gasteiger partial charge in [-0.3, -0.25) is 0 Å². The first-order valence-electron chi connectivity index (χ1n) is 12.2. The summed E-state index contributed by atoms with van der Waals surface area (Å²) in [5.41, 5.74) is 3.81. The van der Waals surface area contributed by atoms with Crippen LogP contribution in [0.5, 0.6) is 5.75 Å². The summed E-state index contributed by atoms with van der Waals surface area (Å²) in [5.74, 6) is 2.15. The van der Waals surface area contributed by atoms with E-state index in [1.807, 2.05) is 24.3 Å². The van der Waals surface area contributed by atoms with Gasteiger partial charge in [-0.2, -0.15) is 0 Å². The molecule has 5 heteroatoms. The Hall–Kier alpha value is -3.86. The molecule has 35 heavy (non-hydrogen) atoms. The van der Waals surface area contributed by atoms with Crippen molar-refractivity contribution in [1.29, 1.82) is 0 Å². The second-order valence-electron chi connectivity index (χ2n) is 9.09. The lowest BCUT2D eigenvalue weighted by molar-refractivity contribution is 0.0600. The van der Waals surface area contributed by atoms with Crippen molar-refractivity contribution >= 4 is 22.7 Å². The Bertz CT molecular complexity index is 1280. The van der Waals surface area contributed by atoms with Gasteiger partial charge < -0.3 is 14.4 Å². The fourth-order valence-corrected chi connectivity index (χ4v) is 4.73. The molecular formula is C30H30N2O3. The maximum atomic E-state index is 11.6. The van der Waals surface area contributed by atoms with Crippen LogP contribution in [-0.4, -0.2) is 31.2 Å². The quantitative estimate of drug-likeness (QED) is 0.310. The molecule has 0 bridgehead atoms. The molecule has 1 aliphatic heterocycles. The van der Waals surface area contributed by atoms with E-state index in [0.29, 0.717) is 12.2 Å². The molecule has 1 aliphatic rings. The predicted molar refractivity (Wildman–Crippen MR) is 139 cm³/mol. The summed E-state index contributed by atoms with van der Waals surface area (Å²) in [6.07, 6.45) is 3.50. The minimum Gasteiger partial charge on any atom is -0.487 e. The number of anilines is 1. The molecule has 0 aliphatic carbocycles. The Morgan fingerprint density at radius 1 is 0.886 bits per heavy atom. The first-order chi connectivity index (χ1) is 17.2. The average Bonchev–Trinajstić information content (AvgIpc) is 2.92. The van der Waals surface area contributed by atoms with Crippen LogP contribution < -0.4 is 9.64 Å². The van der Waals surface area contributed by atoms with Crippen LogP contribution >= 0.6 is 0 Å². The van der Waals surface area contributed by atoms with E-state index in [1.54, 1.807) is 12.1 Å². The second-order valence-corrected chi connectivity index (χ2v) is 9.09. The van der Waals surface area contributed by atoms with Gasteiger partial charge in [0.05, 0.1) is 12.7 Å². The third-order valence-electron chi connectivity index (χ3n) is 6.74. The Morgan fingerprint density at radius 2 is 1.66 bits per heavy atom. The van der Waals surface area contributed by atoms with Gasteiger partial charge in [0.15, 0.2) is 0 Å². The van der Waals surface area contributed by atoms with E-state index in [-0.39, 0.29) is 5.97 Å². The lowest BCUT2D eigenvalue weighted by Gasteiger charge is -2.33. The van der Waals surface area contributed by atoms with E-state index in [0.717, 1.165) is 53.5 Å². The van der Waals surface area contributed by atoms with Crippen LogP contribution in [0.4, 0.5) is 5.82 Å². The molecule has 1 aromatic heterocycles. The van der Waals surface area contributed by atoms with Crippen molar-refractivity contribution in [3.8, 4) is 5.75 Å². The molecule has 1 fully saturated rings. The number of rotatable bonds is 7. The number of fused-ring (bicyclic) bond motifs is 1. The first kappa shape index (κ1) is 22.9. The summed E-state index contributed by atoms with van der Waals surface area (Å²) < 4.78 is 10.9. The molecule has 0 N–H and O–H groups in total. The van der Waals surface area contributed by atoms with E-state index in [2.05, 4.69) is 53.4 Å². The van der Waals surface area contributed by atoms with Crippen LogP contribution in [0.3, 0.4) is 0 Å². The van der Waals surface area contributed by atoms with Gasteiger partial charge in [-0.05, 0) is 66.6 Å². The van der Waals surface area contributed by atoms with Gasteiger partial charge >= 0.3 is 5.97 Å². The highest BCUT2D eigenvalue weighted by Gasteiger charge is 2.21. The number of aromatic nitrogens is 1. The number of pyridine rings is 1. The number of piperidine rings is 1. The van der Waals surface area contributed by atoms with Crippen LogP contribution in [0.2, 0.25) is 0 Å². The first-order valence-corrected chi connectivity index (χ1v) is 12.2. The lowest BCUT2D eigenvalue weighted by atomic mass is 9.90. The number of carbonyl (C=O) groups excluding carboxylic acids is 1. The minimum absolute atomic E-state index is 0.340. The molecule has 0 radical (unpaired) electrons. The Labute approximate surface area is 206 Å². The molecule has 4 aromatic rings. The summed E-state index contributed by atoms with van der Waals surface area (Å²) >= 11 is 0. The molecule has 1 saturated heterocycles. The van der Waals surface area contributed by atoms with E-state index in [4.69, 9.17) is 14.5 Å². The van der Waals surface area contributed by atoms with Gasteiger partial charge in [-0.15, -0.1) is 0 Å². The molecule has 0 spiro atoms. The van der Waals surface area contributed by atoms with E-state index in [1.165, 1.54) is 25.5 Å². The molecule has 0 atom stereocenters. The largest absolute Gasteiger partial charge is 0.487 e. The highest BCUT2D eigenvalue weighted by Crippen LogP contribution is 2.30. The number of nitrogens with zero attached hydrogens (tertiary/aromatic N) is 2. The van der Waals surface area contributed by atoms with Gasteiger partial charge in [-0.25, -0.2) is 9.78 Å². The predicted octanol–water partition coefficient (Wildman–Crippen LogP) is 6.06. The van der Waals surface area contributed by atoms with Gasteiger partial charge in [0.2, 0.25) is 0 Å². The molecule has 3 aromatic carbocycles. The Balaban J connectivity index is 1.25. The smallest absolute Gasteiger partial charge is 0.337 e. The summed E-state index contributed by atoms with van der Waals surface area (Å²) in [4.78, 5) is 19.0. The highest BCUT2D eigenvalue weighted by molar-refractivity contribution is 5.89. The average molecular weight is 467 g/mol. The number of carbonyl (C=O) groups is 1. The third-order valence-corrected chi connectivity index (χ3v) is 6.74. The summed E-state index contributed by atoms with van der Waals surface area (Å²) in [7, 11) is 1.38. The molecule has 5 rings (SSSR count). The van der Waals surface area contributed by atoms with Crippen molar-refractivity contribution in [2.24, 2.45) is 5.92 Å². The molecule has 2 heterocycles. The van der Waals surface area contributed by atoms with Crippen LogP contribution in [0.15, 0.2) is 84.9 Å². The number of ether oxygens (including phenoxy) is 2. The van der Waals surface area contributed by atoms with Crippen LogP contribution in [0, 0.1) is 5.92 Å². The number of hydrogen-bond donors (Lipinski definition) is 0. The van der Waals surface area contributed by atoms with Crippen LogP contribution in [0.25, 0.3) is 10.9 Å². The van der Waals surface area contributed by atoms with Crippen LogP contribution in [0.1, 0.15) is 34.3 Å². The summed E-state index contributed by atoms with van der Waals surface area (Å²) in [6, 6.07) is 28.3. The van der Waals surface area contributed by atoms with Crippen LogP contribution in [-0.2, 0) is 17.8 Å². The van der Waals surface area contributed by atoms with Crippen molar-refractivity contribution in [2.45, 2.75) is 25.9 Å². The number of methoxy groups -OCH3 is 1. The highest BCUT2D eigenvalue weighted by atomic mass is 16.5. The zero-order valence-electron chi connectivity index (χ0n) is 20.0. The molecule has 0 amide bonds. The SMILES string of the molecule is COC(=O)c1ccc(COc2cccc3ccc(N4CCC(Cc5ccccc5)CC4)nc23)cc1. The molecule has 0 saturated carbocycles. The van der Waals surface area contributed by atoms with Gasteiger partial charge in [0.1, 0.15) is 23.7 Å².